The highest BCUT2D eigenvalue weighted by atomic mass is 16.1. The molecule has 0 aliphatic carbocycles. The van der Waals surface area contributed by atoms with Crippen LogP contribution in [0.25, 0.3) is 0 Å². The van der Waals surface area contributed by atoms with Crippen molar-refractivity contribution in [2.75, 3.05) is 59.9 Å². The van der Waals surface area contributed by atoms with Gasteiger partial charge in [0.15, 0.2) is 0 Å². The van der Waals surface area contributed by atoms with Crippen LogP contribution < -0.4 is 10.6 Å². The normalized spacial score (nSPS) is 19.3. The van der Waals surface area contributed by atoms with Crippen molar-refractivity contribution in [2.24, 2.45) is 5.92 Å². The van der Waals surface area contributed by atoms with Crippen LogP contribution in [0, 0.1) is 5.92 Å². The molecule has 1 atom stereocenters. The van der Waals surface area contributed by atoms with Gasteiger partial charge in [-0.15, -0.1) is 0 Å². The fourth-order valence-corrected chi connectivity index (χ4v) is 2.13. The van der Waals surface area contributed by atoms with E-state index < -0.39 is 0 Å². The van der Waals surface area contributed by atoms with E-state index in [1.807, 2.05) is 6.92 Å². The first-order valence-corrected chi connectivity index (χ1v) is 6.46. The van der Waals surface area contributed by atoms with E-state index in [1.54, 1.807) is 7.05 Å². The summed E-state index contributed by atoms with van der Waals surface area (Å²) in [5.74, 6) is 0.187. The fourth-order valence-electron chi connectivity index (χ4n) is 2.13. The summed E-state index contributed by atoms with van der Waals surface area (Å²) in [7, 11) is 3.78. The number of rotatable bonds is 6. The molecule has 5 nitrogen and oxygen atoms in total. The second kappa shape index (κ2) is 7.63. The molecule has 0 bridgehead atoms. The van der Waals surface area contributed by atoms with E-state index in [-0.39, 0.29) is 11.8 Å². The Labute approximate surface area is 105 Å². The number of likely N-dealkylation sites (N-methyl/N-ethyl adjacent to an activating group) is 1. The van der Waals surface area contributed by atoms with E-state index in [9.17, 15) is 4.79 Å². The lowest BCUT2D eigenvalue weighted by atomic mass is 10.1. The molecule has 100 valence electrons. The van der Waals surface area contributed by atoms with Crippen LogP contribution in [0.4, 0.5) is 0 Å². The van der Waals surface area contributed by atoms with Gasteiger partial charge in [-0.25, -0.2) is 0 Å². The van der Waals surface area contributed by atoms with Gasteiger partial charge in [0.05, 0.1) is 0 Å². The summed E-state index contributed by atoms with van der Waals surface area (Å²) < 4.78 is 0. The number of nitrogens with zero attached hydrogens (tertiary/aromatic N) is 2. The van der Waals surface area contributed by atoms with Gasteiger partial charge in [-0.3, -0.25) is 9.69 Å². The minimum Gasteiger partial charge on any atom is -0.359 e. The minimum atomic E-state index is 0.0630. The first-order valence-electron chi connectivity index (χ1n) is 6.46. The zero-order valence-corrected chi connectivity index (χ0v) is 11.3. The van der Waals surface area contributed by atoms with Gasteiger partial charge >= 0.3 is 0 Å². The molecule has 1 heterocycles. The Balaban J connectivity index is 2.15. The van der Waals surface area contributed by atoms with Crippen LogP contribution in [-0.2, 0) is 4.79 Å². The number of piperazine rings is 1. The minimum absolute atomic E-state index is 0.0630. The quantitative estimate of drug-likeness (QED) is 0.640. The molecule has 0 saturated carbocycles. The van der Waals surface area contributed by atoms with Crippen LogP contribution in [-0.4, -0.2) is 75.6 Å². The van der Waals surface area contributed by atoms with E-state index in [1.165, 1.54) is 0 Å². The number of hydrogen-bond donors (Lipinski definition) is 2. The second-order valence-electron chi connectivity index (χ2n) is 4.87. The SMILES string of the molecule is CNC(=O)C(C)CN(C)CCN1CCNCC1. The molecule has 1 amide bonds. The lowest BCUT2D eigenvalue weighted by Crippen LogP contribution is -2.46. The summed E-state index contributed by atoms with van der Waals surface area (Å²) in [6.45, 7) is 9.39. The molecule has 0 aromatic carbocycles. The number of carbonyl (C=O) groups is 1. The Bertz CT molecular complexity index is 229. The van der Waals surface area contributed by atoms with Gasteiger partial charge in [-0.05, 0) is 7.05 Å². The maximum Gasteiger partial charge on any atom is 0.223 e. The molecule has 2 N–H and O–H groups in total. The van der Waals surface area contributed by atoms with Crippen molar-refractivity contribution in [2.45, 2.75) is 6.92 Å². The smallest absolute Gasteiger partial charge is 0.223 e. The average Bonchev–Trinajstić information content (AvgIpc) is 2.36. The molecule has 0 spiro atoms. The molecule has 1 aliphatic heterocycles. The maximum absolute atomic E-state index is 11.4. The van der Waals surface area contributed by atoms with Gasteiger partial charge in [0, 0.05) is 58.8 Å². The first-order chi connectivity index (χ1) is 8.13. The van der Waals surface area contributed by atoms with E-state index in [0.717, 1.165) is 45.8 Å². The van der Waals surface area contributed by atoms with Gasteiger partial charge in [-0.1, -0.05) is 6.92 Å². The average molecular weight is 242 g/mol. The second-order valence-corrected chi connectivity index (χ2v) is 4.87. The van der Waals surface area contributed by atoms with Crippen molar-refractivity contribution in [3.63, 3.8) is 0 Å². The van der Waals surface area contributed by atoms with Crippen molar-refractivity contribution in [1.29, 1.82) is 0 Å². The van der Waals surface area contributed by atoms with Crippen molar-refractivity contribution in [1.82, 2.24) is 20.4 Å². The largest absolute Gasteiger partial charge is 0.359 e. The molecule has 5 heteroatoms. The highest BCUT2D eigenvalue weighted by Crippen LogP contribution is 1.99. The Morgan fingerprint density at radius 3 is 2.71 bits per heavy atom. The van der Waals surface area contributed by atoms with Gasteiger partial charge in [0.2, 0.25) is 5.91 Å². The number of nitrogens with one attached hydrogen (secondary N) is 2. The van der Waals surface area contributed by atoms with Gasteiger partial charge in [0.25, 0.3) is 0 Å². The third kappa shape index (κ3) is 5.48. The Hall–Kier alpha value is -0.650. The van der Waals surface area contributed by atoms with E-state index >= 15 is 0 Å². The summed E-state index contributed by atoms with van der Waals surface area (Å²) >= 11 is 0. The topological polar surface area (TPSA) is 47.6 Å². The maximum atomic E-state index is 11.4. The molecule has 1 aliphatic rings. The Morgan fingerprint density at radius 1 is 1.47 bits per heavy atom. The first kappa shape index (κ1) is 14.4. The molecular weight excluding hydrogens is 216 g/mol. The lowest BCUT2D eigenvalue weighted by Gasteiger charge is -2.29. The summed E-state index contributed by atoms with van der Waals surface area (Å²) in [5, 5.41) is 6.04. The third-order valence-corrected chi connectivity index (χ3v) is 3.29. The van der Waals surface area contributed by atoms with E-state index in [0.29, 0.717) is 0 Å². The van der Waals surface area contributed by atoms with Crippen LogP contribution >= 0.6 is 0 Å². The van der Waals surface area contributed by atoms with Crippen LogP contribution in [0.15, 0.2) is 0 Å². The predicted molar refractivity (Wildman–Crippen MR) is 70.0 cm³/mol. The predicted octanol–water partition coefficient (Wildman–Crippen LogP) is -0.794. The van der Waals surface area contributed by atoms with Crippen molar-refractivity contribution in [3.8, 4) is 0 Å². The summed E-state index contributed by atoms with van der Waals surface area (Å²) in [4.78, 5) is 16.1. The number of amides is 1. The summed E-state index contributed by atoms with van der Waals surface area (Å²) in [5.41, 5.74) is 0. The van der Waals surface area contributed by atoms with Crippen molar-refractivity contribution < 1.29 is 4.79 Å². The molecule has 0 aromatic heterocycles. The molecule has 17 heavy (non-hydrogen) atoms. The molecular formula is C12H26N4O. The monoisotopic (exact) mass is 242 g/mol. The molecule has 1 saturated heterocycles. The van der Waals surface area contributed by atoms with Gasteiger partial charge in [-0.2, -0.15) is 0 Å². The van der Waals surface area contributed by atoms with Gasteiger partial charge in [0.1, 0.15) is 0 Å². The van der Waals surface area contributed by atoms with Crippen LogP contribution in [0.2, 0.25) is 0 Å². The third-order valence-electron chi connectivity index (χ3n) is 3.29. The van der Waals surface area contributed by atoms with Crippen LogP contribution in [0.3, 0.4) is 0 Å². The molecule has 1 fully saturated rings. The molecule has 0 radical (unpaired) electrons. The van der Waals surface area contributed by atoms with Gasteiger partial charge < -0.3 is 15.5 Å². The molecule has 1 unspecified atom stereocenters. The standard InChI is InChI=1S/C12H26N4O/c1-11(12(17)13-2)10-15(3)8-9-16-6-4-14-5-7-16/h11,14H,4-10H2,1-3H3,(H,13,17). The van der Waals surface area contributed by atoms with Crippen LogP contribution in [0.5, 0.6) is 0 Å². The Morgan fingerprint density at radius 2 is 2.12 bits per heavy atom. The fraction of sp³-hybridized carbons (Fsp3) is 0.917. The Kier molecular flexibility index (Phi) is 6.47. The zero-order valence-electron chi connectivity index (χ0n) is 11.3. The number of carbonyl (C=O) groups excluding carboxylic acids is 1. The van der Waals surface area contributed by atoms with E-state index in [4.69, 9.17) is 0 Å². The molecule has 0 aromatic rings. The molecule has 1 rings (SSSR count). The summed E-state index contributed by atoms with van der Waals surface area (Å²) in [6, 6.07) is 0. The lowest BCUT2D eigenvalue weighted by molar-refractivity contribution is -0.124. The summed E-state index contributed by atoms with van der Waals surface area (Å²) in [6.07, 6.45) is 0. The van der Waals surface area contributed by atoms with Crippen LogP contribution in [0.1, 0.15) is 6.92 Å². The van der Waals surface area contributed by atoms with Crippen molar-refractivity contribution in [3.05, 3.63) is 0 Å². The van der Waals surface area contributed by atoms with E-state index in [2.05, 4.69) is 27.5 Å². The number of hydrogen-bond acceptors (Lipinski definition) is 4. The zero-order chi connectivity index (χ0) is 12.7. The highest BCUT2D eigenvalue weighted by molar-refractivity contribution is 5.78. The van der Waals surface area contributed by atoms with Crippen molar-refractivity contribution >= 4 is 5.91 Å². The highest BCUT2D eigenvalue weighted by Gasteiger charge is 2.15.